The summed E-state index contributed by atoms with van der Waals surface area (Å²) in [5.74, 6) is -4.84. The molecule has 35 heavy (non-hydrogen) atoms. The summed E-state index contributed by atoms with van der Waals surface area (Å²) >= 11 is 0. The van der Waals surface area contributed by atoms with Crippen molar-refractivity contribution in [3.05, 3.63) is 71.1 Å². The second-order valence-corrected chi connectivity index (χ2v) is 9.21. The lowest BCUT2D eigenvalue weighted by Crippen LogP contribution is -2.49. The van der Waals surface area contributed by atoms with Crippen LogP contribution in [0.2, 0.25) is 0 Å². The van der Waals surface area contributed by atoms with E-state index in [9.17, 15) is 28.2 Å². The maximum Gasteiger partial charge on any atom is 0.249 e. The number of pyridine rings is 3. The summed E-state index contributed by atoms with van der Waals surface area (Å²) in [7, 11) is 0. The van der Waals surface area contributed by atoms with E-state index in [1.54, 1.807) is 25.4 Å². The lowest BCUT2D eigenvalue weighted by atomic mass is 9.68. The molecule has 0 saturated heterocycles. The van der Waals surface area contributed by atoms with Crippen molar-refractivity contribution in [3.63, 3.8) is 0 Å². The number of nitrogens with two attached hydrogens (primary N) is 1. The number of carbonyl (C=O) groups is 1. The van der Waals surface area contributed by atoms with E-state index in [0.717, 1.165) is 5.56 Å². The number of hydrogen-bond acceptors (Lipinski definition) is 7. The zero-order valence-corrected chi connectivity index (χ0v) is 19.2. The highest BCUT2D eigenvalue weighted by atomic mass is 19.2. The van der Waals surface area contributed by atoms with Gasteiger partial charge in [0.2, 0.25) is 5.95 Å². The average molecular weight is 486 g/mol. The van der Waals surface area contributed by atoms with Gasteiger partial charge in [0.1, 0.15) is 11.4 Å². The van der Waals surface area contributed by atoms with E-state index in [1.165, 1.54) is 12.1 Å². The van der Waals surface area contributed by atoms with Crippen molar-refractivity contribution in [2.45, 2.75) is 50.7 Å². The quantitative estimate of drug-likeness (QED) is 0.372. The first kappa shape index (κ1) is 24.7. The van der Waals surface area contributed by atoms with Crippen molar-refractivity contribution < 1.29 is 28.2 Å². The summed E-state index contributed by atoms with van der Waals surface area (Å²) in [5.41, 5.74) is 5.32. The van der Waals surface area contributed by atoms with Crippen LogP contribution in [-0.4, -0.2) is 42.7 Å². The third-order valence-corrected chi connectivity index (χ3v) is 6.87. The second-order valence-electron chi connectivity index (χ2n) is 9.21. The van der Waals surface area contributed by atoms with E-state index < -0.39 is 40.8 Å². The maximum atomic E-state index is 14.2. The first-order chi connectivity index (χ1) is 16.5. The standard InChI is InChI=1S/C25H25F3N4O3/c1-12-7-13(9-21(34)25(12,2)35)15-5-6-30-11-14(15)8-20(33)23-18(29)3-4-19(31-23)22-16(26)10-17(27)24(28)32-22/h3-6,10-13,21,34-35H,7-9,29H2,1-2H3/t12-,13+,21+,25+/m0/s1. The summed E-state index contributed by atoms with van der Waals surface area (Å²) in [6, 6.07) is 4.72. The molecule has 0 bridgehead atoms. The van der Waals surface area contributed by atoms with Gasteiger partial charge >= 0.3 is 0 Å². The number of nitrogen functional groups attached to an aromatic ring is 1. The number of halogens is 3. The fourth-order valence-corrected chi connectivity index (χ4v) is 4.54. The topological polar surface area (TPSA) is 122 Å². The van der Waals surface area contributed by atoms with Crippen molar-refractivity contribution in [1.82, 2.24) is 15.0 Å². The smallest absolute Gasteiger partial charge is 0.249 e. The summed E-state index contributed by atoms with van der Waals surface area (Å²) in [4.78, 5) is 24.7. The minimum absolute atomic E-state index is 0.0324. The zero-order valence-electron chi connectivity index (χ0n) is 19.2. The fraction of sp³-hybridized carbons (Fsp3) is 0.360. The molecule has 3 heterocycles. The summed E-state index contributed by atoms with van der Waals surface area (Å²) in [6.07, 6.45) is 3.01. The van der Waals surface area contributed by atoms with Crippen LogP contribution in [0.3, 0.4) is 0 Å². The number of nitrogens with zero attached hydrogens (tertiary/aromatic N) is 3. The highest BCUT2D eigenvalue weighted by molar-refractivity contribution is 6.00. The molecule has 184 valence electrons. The van der Waals surface area contributed by atoms with E-state index in [4.69, 9.17) is 5.73 Å². The van der Waals surface area contributed by atoms with Crippen LogP contribution in [0.25, 0.3) is 11.4 Å². The molecule has 3 aromatic rings. The predicted molar refractivity (Wildman–Crippen MR) is 122 cm³/mol. The normalized spacial score (nSPS) is 24.4. The Morgan fingerprint density at radius 2 is 1.91 bits per heavy atom. The zero-order chi connectivity index (χ0) is 25.5. The molecule has 1 aliphatic rings. The molecular weight excluding hydrogens is 461 g/mol. The number of aliphatic hydroxyl groups excluding tert-OH is 1. The molecule has 10 heteroatoms. The van der Waals surface area contributed by atoms with Crippen molar-refractivity contribution in [2.75, 3.05) is 5.73 Å². The molecule has 0 aromatic carbocycles. The molecule has 0 spiro atoms. The van der Waals surface area contributed by atoms with Gasteiger partial charge in [0.25, 0.3) is 0 Å². The summed E-state index contributed by atoms with van der Waals surface area (Å²) < 4.78 is 41.0. The third-order valence-electron chi connectivity index (χ3n) is 6.87. The number of anilines is 1. The SMILES string of the molecule is C[C@H]1C[C@@H](c2ccncc2CC(=O)c2nc(-c3nc(F)c(F)cc3F)ccc2N)C[C@@H](O)[C@]1(C)O. The Labute approximate surface area is 199 Å². The van der Waals surface area contributed by atoms with Gasteiger partial charge in [-0.25, -0.2) is 18.7 Å². The van der Waals surface area contributed by atoms with Crippen LogP contribution in [0.1, 0.15) is 54.2 Å². The Hall–Kier alpha value is -3.37. The van der Waals surface area contributed by atoms with Crippen LogP contribution < -0.4 is 5.73 Å². The van der Waals surface area contributed by atoms with E-state index >= 15 is 0 Å². The Bertz CT molecular complexity index is 1270. The van der Waals surface area contributed by atoms with E-state index in [2.05, 4.69) is 15.0 Å². The molecule has 4 rings (SSSR count). The number of aromatic nitrogens is 3. The van der Waals surface area contributed by atoms with Gasteiger partial charge in [-0.1, -0.05) is 6.92 Å². The summed E-state index contributed by atoms with van der Waals surface area (Å²) in [5, 5.41) is 21.0. The molecule has 4 N–H and O–H groups in total. The Morgan fingerprint density at radius 1 is 1.17 bits per heavy atom. The molecule has 1 saturated carbocycles. The summed E-state index contributed by atoms with van der Waals surface area (Å²) in [6.45, 7) is 3.48. The van der Waals surface area contributed by atoms with Crippen molar-refractivity contribution in [2.24, 2.45) is 5.92 Å². The Kier molecular flexibility index (Phi) is 6.61. The number of Topliss-reactive ketones (excluding diaryl/α,β-unsaturated/α-hetero) is 1. The molecule has 3 aromatic heterocycles. The van der Waals surface area contributed by atoms with E-state index in [1.807, 2.05) is 6.92 Å². The molecule has 4 atom stereocenters. The largest absolute Gasteiger partial charge is 0.397 e. The lowest BCUT2D eigenvalue weighted by molar-refractivity contribution is -0.123. The van der Waals surface area contributed by atoms with Crippen LogP contribution in [0, 0.1) is 23.5 Å². The molecule has 0 aliphatic heterocycles. The first-order valence-corrected chi connectivity index (χ1v) is 11.1. The Balaban J connectivity index is 1.64. The van der Waals surface area contributed by atoms with E-state index in [0.29, 0.717) is 24.5 Å². The second kappa shape index (κ2) is 9.35. The van der Waals surface area contributed by atoms with Gasteiger partial charge in [-0.2, -0.15) is 4.39 Å². The molecule has 1 fully saturated rings. The van der Waals surface area contributed by atoms with Crippen molar-refractivity contribution >= 4 is 11.5 Å². The van der Waals surface area contributed by atoms with Gasteiger partial charge in [-0.3, -0.25) is 9.78 Å². The third kappa shape index (κ3) is 4.76. The lowest BCUT2D eigenvalue weighted by Gasteiger charge is -2.43. The molecular formula is C25H25F3N4O3. The highest BCUT2D eigenvalue weighted by Gasteiger charge is 2.43. The monoisotopic (exact) mass is 486 g/mol. The fourth-order valence-electron chi connectivity index (χ4n) is 4.54. The number of ketones is 1. The van der Waals surface area contributed by atoms with Crippen LogP contribution in [0.4, 0.5) is 18.9 Å². The van der Waals surface area contributed by atoms with Crippen LogP contribution in [-0.2, 0) is 6.42 Å². The van der Waals surface area contributed by atoms with Crippen LogP contribution >= 0.6 is 0 Å². The molecule has 1 aliphatic carbocycles. The van der Waals surface area contributed by atoms with Gasteiger partial charge in [0.05, 0.1) is 23.1 Å². The Morgan fingerprint density at radius 3 is 2.63 bits per heavy atom. The minimum Gasteiger partial charge on any atom is -0.397 e. The van der Waals surface area contributed by atoms with Gasteiger partial charge in [0, 0.05) is 24.9 Å². The van der Waals surface area contributed by atoms with Crippen LogP contribution in [0.15, 0.2) is 36.7 Å². The van der Waals surface area contributed by atoms with Gasteiger partial charge in [-0.15, -0.1) is 0 Å². The predicted octanol–water partition coefficient (Wildman–Crippen LogP) is 3.59. The van der Waals surface area contributed by atoms with Crippen LogP contribution in [0.5, 0.6) is 0 Å². The highest BCUT2D eigenvalue weighted by Crippen LogP contribution is 2.42. The van der Waals surface area contributed by atoms with Gasteiger partial charge < -0.3 is 15.9 Å². The average Bonchev–Trinajstić information content (AvgIpc) is 2.80. The number of rotatable bonds is 5. The van der Waals surface area contributed by atoms with Crippen molar-refractivity contribution in [1.29, 1.82) is 0 Å². The first-order valence-electron chi connectivity index (χ1n) is 11.1. The van der Waals surface area contributed by atoms with E-state index in [-0.39, 0.29) is 35.3 Å². The molecule has 0 radical (unpaired) electrons. The minimum atomic E-state index is -1.49. The molecule has 7 nitrogen and oxygen atoms in total. The number of carbonyl (C=O) groups excluding carboxylic acids is 1. The molecule has 0 unspecified atom stereocenters. The number of aliphatic hydroxyl groups is 2. The van der Waals surface area contributed by atoms with Gasteiger partial charge in [0.15, 0.2) is 17.4 Å². The maximum absolute atomic E-state index is 14.2. The van der Waals surface area contributed by atoms with Crippen molar-refractivity contribution in [3.8, 4) is 11.4 Å². The molecule has 0 amide bonds. The number of hydrogen-bond donors (Lipinski definition) is 3. The van der Waals surface area contributed by atoms with Gasteiger partial charge in [-0.05, 0) is 60.9 Å².